The number of thiazole rings is 1. The predicted molar refractivity (Wildman–Crippen MR) is 88.6 cm³/mol. The van der Waals surface area contributed by atoms with Crippen LogP contribution in [0.25, 0.3) is 10.6 Å². The molecule has 0 saturated heterocycles. The number of hydrogen-bond donors (Lipinski definition) is 1. The van der Waals surface area contributed by atoms with Crippen LogP contribution in [0.15, 0.2) is 53.9 Å². The summed E-state index contributed by atoms with van der Waals surface area (Å²) in [6.45, 7) is 0. The number of anilines is 1. The second-order valence-electron chi connectivity index (χ2n) is 4.78. The van der Waals surface area contributed by atoms with Crippen LogP contribution in [0.3, 0.4) is 0 Å². The van der Waals surface area contributed by atoms with Crippen LogP contribution in [0.4, 0.5) is 15.8 Å². The topological polar surface area (TPSA) is 85.1 Å². The van der Waals surface area contributed by atoms with E-state index in [-0.39, 0.29) is 11.4 Å². The predicted octanol–water partition coefficient (Wildman–Crippen LogP) is 4.11. The largest absolute Gasteiger partial charge is 0.320 e. The maximum Gasteiger partial charge on any atom is 0.306 e. The van der Waals surface area contributed by atoms with Crippen molar-refractivity contribution in [1.82, 2.24) is 4.98 Å². The summed E-state index contributed by atoms with van der Waals surface area (Å²) in [7, 11) is 0. The van der Waals surface area contributed by atoms with E-state index >= 15 is 0 Å². The number of nitro benzene ring substituents is 1. The summed E-state index contributed by atoms with van der Waals surface area (Å²) in [4.78, 5) is 26.3. The molecule has 8 heteroatoms. The van der Waals surface area contributed by atoms with Crippen molar-refractivity contribution in [3.63, 3.8) is 0 Å². The molecular weight excluding hydrogens is 333 g/mol. The minimum absolute atomic E-state index is 0.127. The first-order valence-corrected chi connectivity index (χ1v) is 7.69. The number of rotatable bonds is 4. The first-order chi connectivity index (χ1) is 11.5. The van der Waals surface area contributed by atoms with E-state index < -0.39 is 22.3 Å². The van der Waals surface area contributed by atoms with Gasteiger partial charge in [-0.05, 0) is 12.1 Å². The number of aromatic nitrogens is 1. The molecule has 120 valence electrons. The molecule has 24 heavy (non-hydrogen) atoms. The number of nitro groups is 1. The average molecular weight is 343 g/mol. The van der Waals surface area contributed by atoms with Crippen molar-refractivity contribution in [3.8, 4) is 10.6 Å². The highest BCUT2D eigenvalue weighted by Crippen LogP contribution is 2.25. The number of halogens is 1. The lowest BCUT2D eigenvalue weighted by Gasteiger charge is -2.03. The Morgan fingerprint density at radius 2 is 1.96 bits per heavy atom. The maximum atomic E-state index is 13.3. The van der Waals surface area contributed by atoms with E-state index in [1.54, 1.807) is 5.38 Å². The first kappa shape index (κ1) is 15.8. The number of hydrogen-bond acceptors (Lipinski definition) is 5. The number of carbonyl (C=O) groups is 1. The van der Waals surface area contributed by atoms with Crippen molar-refractivity contribution in [1.29, 1.82) is 0 Å². The number of amides is 1. The number of nitrogens with one attached hydrogen (secondary N) is 1. The lowest BCUT2D eigenvalue weighted by atomic mass is 10.2. The van der Waals surface area contributed by atoms with Gasteiger partial charge in [0.25, 0.3) is 5.91 Å². The standard InChI is InChI=1S/C16H10FN3O3S/c17-12-7-6-11(8-14(12)20(22)23)18-15(21)13-9-24-16(19-13)10-4-2-1-3-5-10/h1-9H,(H,18,21). The zero-order chi connectivity index (χ0) is 17.1. The molecule has 1 aromatic heterocycles. The zero-order valence-electron chi connectivity index (χ0n) is 12.1. The molecule has 0 radical (unpaired) electrons. The third-order valence-electron chi connectivity index (χ3n) is 3.16. The summed E-state index contributed by atoms with van der Waals surface area (Å²) in [6.07, 6.45) is 0. The van der Waals surface area contributed by atoms with Crippen LogP contribution in [-0.2, 0) is 0 Å². The first-order valence-electron chi connectivity index (χ1n) is 6.81. The molecule has 3 aromatic rings. The molecule has 1 heterocycles. The molecule has 1 N–H and O–H groups in total. The lowest BCUT2D eigenvalue weighted by Crippen LogP contribution is -2.12. The summed E-state index contributed by atoms with van der Waals surface area (Å²) >= 11 is 1.31. The third-order valence-corrected chi connectivity index (χ3v) is 4.05. The molecule has 2 aromatic carbocycles. The minimum atomic E-state index is -0.960. The fourth-order valence-electron chi connectivity index (χ4n) is 2.02. The van der Waals surface area contributed by atoms with Gasteiger partial charge in [0.2, 0.25) is 5.82 Å². The van der Waals surface area contributed by atoms with Crippen molar-refractivity contribution in [2.24, 2.45) is 0 Å². The number of nitrogens with zero attached hydrogens (tertiary/aromatic N) is 2. The van der Waals surface area contributed by atoms with Gasteiger partial charge in [0.15, 0.2) is 0 Å². The lowest BCUT2D eigenvalue weighted by molar-refractivity contribution is -0.387. The molecule has 0 aliphatic heterocycles. The van der Waals surface area contributed by atoms with Gasteiger partial charge in [-0.1, -0.05) is 30.3 Å². The van der Waals surface area contributed by atoms with E-state index in [4.69, 9.17) is 0 Å². The quantitative estimate of drug-likeness (QED) is 0.570. The second kappa shape index (κ2) is 6.55. The maximum absolute atomic E-state index is 13.3. The molecular formula is C16H10FN3O3S. The Morgan fingerprint density at radius 1 is 1.21 bits per heavy atom. The van der Waals surface area contributed by atoms with E-state index in [0.29, 0.717) is 5.01 Å². The molecule has 0 saturated carbocycles. The fourth-order valence-corrected chi connectivity index (χ4v) is 2.82. The molecule has 0 fully saturated rings. The van der Waals surface area contributed by atoms with E-state index in [0.717, 1.165) is 17.7 Å². The number of benzene rings is 2. The SMILES string of the molecule is O=C(Nc1ccc(F)c([N+](=O)[O-])c1)c1csc(-c2ccccc2)n1. The van der Waals surface area contributed by atoms with Crippen LogP contribution in [-0.4, -0.2) is 15.8 Å². The summed E-state index contributed by atoms with van der Waals surface area (Å²) in [5.74, 6) is -1.48. The van der Waals surface area contributed by atoms with Gasteiger partial charge in [-0.15, -0.1) is 11.3 Å². The van der Waals surface area contributed by atoms with Gasteiger partial charge in [-0.2, -0.15) is 4.39 Å². The van der Waals surface area contributed by atoms with Crippen molar-refractivity contribution < 1.29 is 14.1 Å². The van der Waals surface area contributed by atoms with E-state index in [9.17, 15) is 19.3 Å². The van der Waals surface area contributed by atoms with Crippen molar-refractivity contribution in [3.05, 3.63) is 75.5 Å². The molecule has 1 amide bonds. The zero-order valence-corrected chi connectivity index (χ0v) is 12.9. The van der Waals surface area contributed by atoms with Crippen molar-refractivity contribution >= 4 is 28.6 Å². The molecule has 0 aliphatic carbocycles. The van der Waals surface area contributed by atoms with Gasteiger partial charge in [0.1, 0.15) is 10.7 Å². The van der Waals surface area contributed by atoms with Gasteiger partial charge in [0, 0.05) is 22.7 Å². The average Bonchev–Trinajstić information content (AvgIpc) is 3.07. The Balaban J connectivity index is 1.80. The van der Waals surface area contributed by atoms with Crippen LogP contribution in [0, 0.1) is 15.9 Å². The molecule has 3 rings (SSSR count). The third kappa shape index (κ3) is 3.28. The summed E-state index contributed by atoms with van der Waals surface area (Å²) in [5.41, 5.74) is 0.503. The van der Waals surface area contributed by atoms with Crippen LogP contribution < -0.4 is 5.32 Å². The highest BCUT2D eigenvalue weighted by Gasteiger charge is 2.17. The van der Waals surface area contributed by atoms with Crippen LogP contribution in [0.5, 0.6) is 0 Å². The Morgan fingerprint density at radius 3 is 2.67 bits per heavy atom. The second-order valence-corrected chi connectivity index (χ2v) is 5.64. The van der Waals surface area contributed by atoms with E-state index in [2.05, 4.69) is 10.3 Å². The van der Waals surface area contributed by atoms with Crippen LogP contribution in [0.1, 0.15) is 10.5 Å². The molecule has 6 nitrogen and oxygen atoms in total. The van der Waals surface area contributed by atoms with Gasteiger partial charge in [0.05, 0.1) is 4.92 Å². The fraction of sp³-hybridized carbons (Fsp3) is 0. The minimum Gasteiger partial charge on any atom is -0.320 e. The van der Waals surface area contributed by atoms with Gasteiger partial charge < -0.3 is 5.32 Å². The summed E-state index contributed by atoms with van der Waals surface area (Å²) in [6, 6.07) is 12.5. The van der Waals surface area contributed by atoms with Gasteiger partial charge in [-0.3, -0.25) is 14.9 Å². The molecule has 0 atom stereocenters. The van der Waals surface area contributed by atoms with Crippen molar-refractivity contribution in [2.75, 3.05) is 5.32 Å². The monoisotopic (exact) mass is 343 g/mol. The molecule has 0 spiro atoms. The molecule has 0 aliphatic rings. The molecule has 0 unspecified atom stereocenters. The summed E-state index contributed by atoms with van der Waals surface area (Å²) in [5, 5.41) is 15.5. The van der Waals surface area contributed by atoms with Crippen LogP contribution in [0.2, 0.25) is 0 Å². The highest BCUT2D eigenvalue weighted by atomic mass is 32.1. The van der Waals surface area contributed by atoms with Gasteiger partial charge >= 0.3 is 5.69 Å². The Bertz CT molecular complexity index is 912. The Kier molecular flexibility index (Phi) is 4.30. The van der Waals surface area contributed by atoms with Crippen LogP contribution >= 0.6 is 11.3 Å². The highest BCUT2D eigenvalue weighted by molar-refractivity contribution is 7.13. The van der Waals surface area contributed by atoms with Crippen molar-refractivity contribution in [2.45, 2.75) is 0 Å². The van der Waals surface area contributed by atoms with Gasteiger partial charge in [-0.25, -0.2) is 4.98 Å². The Hall–Kier alpha value is -3.13. The molecule has 0 bridgehead atoms. The smallest absolute Gasteiger partial charge is 0.306 e. The normalized spacial score (nSPS) is 10.4. The summed E-state index contributed by atoms with van der Waals surface area (Å²) < 4.78 is 13.3. The Labute approximate surface area is 139 Å². The van der Waals surface area contributed by atoms with E-state index in [1.165, 1.54) is 17.4 Å². The van der Waals surface area contributed by atoms with E-state index in [1.807, 2.05) is 30.3 Å². The number of carbonyl (C=O) groups excluding carboxylic acids is 1.